The molecule has 15 heavy (non-hydrogen) atoms. The number of aromatic nitrogens is 2. The Bertz CT molecular complexity index is 307. The maximum Gasteiger partial charge on any atom is 0.0951 e. The molecule has 1 aliphatic carbocycles. The average Bonchev–Trinajstić information content (AvgIpc) is 2.99. The number of nitrogens with zero attached hydrogens (tertiary/aromatic N) is 2. The highest BCUT2D eigenvalue weighted by Gasteiger charge is 2.24. The number of rotatable bonds is 6. The lowest BCUT2D eigenvalue weighted by molar-refractivity contribution is 0.233. The summed E-state index contributed by atoms with van der Waals surface area (Å²) in [5, 5.41) is 12.2. The zero-order valence-electron chi connectivity index (χ0n) is 9.19. The average molecular weight is 209 g/mol. The van der Waals surface area contributed by atoms with Gasteiger partial charge in [-0.3, -0.25) is 0 Å². The van der Waals surface area contributed by atoms with Crippen LogP contribution in [0.15, 0.2) is 12.5 Å². The van der Waals surface area contributed by atoms with Crippen molar-refractivity contribution in [3.05, 3.63) is 18.2 Å². The van der Waals surface area contributed by atoms with Crippen molar-refractivity contribution in [3.63, 3.8) is 0 Å². The topological polar surface area (TPSA) is 50.1 Å². The molecule has 1 heterocycles. The molecule has 1 saturated carbocycles. The van der Waals surface area contributed by atoms with E-state index < -0.39 is 0 Å². The summed E-state index contributed by atoms with van der Waals surface area (Å²) in [5.74, 6) is 0.322. The first-order valence-electron chi connectivity index (χ1n) is 5.63. The van der Waals surface area contributed by atoms with Gasteiger partial charge < -0.3 is 15.0 Å². The largest absolute Gasteiger partial charge is 0.396 e. The Kier molecular flexibility index (Phi) is 3.38. The van der Waals surface area contributed by atoms with Crippen LogP contribution in [0.3, 0.4) is 0 Å². The summed E-state index contributed by atoms with van der Waals surface area (Å²) in [5.41, 5.74) is 1.25. The van der Waals surface area contributed by atoms with Crippen LogP contribution in [-0.2, 0) is 6.54 Å². The minimum atomic E-state index is 0.245. The van der Waals surface area contributed by atoms with Crippen LogP contribution in [0.25, 0.3) is 0 Å². The van der Waals surface area contributed by atoms with Gasteiger partial charge in [-0.2, -0.15) is 0 Å². The first-order valence-corrected chi connectivity index (χ1v) is 5.63. The highest BCUT2D eigenvalue weighted by atomic mass is 16.3. The van der Waals surface area contributed by atoms with Crippen molar-refractivity contribution in [2.75, 3.05) is 13.2 Å². The first kappa shape index (κ1) is 10.6. The molecule has 4 heteroatoms. The van der Waals surface area contributed by atoms with E-state index in [1.54, 1.807) is 0 Å². The lowest BCUT2D eigenvalue weighted by Gasteiger charge is -2.10. The molecule has 1 aromatic heterocycles. The van der Waals surface area contributed by atoms with Crippen LogP contribution >= 0.6 is 0 Å². The SMILES string of the molecule is CC(CO)CNCc1cncn1C1CC1. The molecule has 2 rings (SSSR count). The summed E-state index contributed by atoms with van der Waals surface area (Å²) >= 11 is 0. The second-order valence-corrected chi connectivity index (χ2v) is 4.44. The smallest absolute Gasteiger partial charge is 0.0951 e. The molecule has 1 fully saturated rings. The number of hydrogen-bond acceptors (Lipinski definition) is 3. The van der Waals surface area contributed by atoms with Crippen LogP contribution in [0.4, 0.5) is 0 Å². The molecule has 0 amide bonds. The minimum Gasteiger partial charge on any atom is -0.396 e. The summed E-state index contributed by atoms with van der Waals surface area (Å²) in [6, 6.07) is 0.694. The van der Waals surface area contributed by atoms with Gasteiger partial charge in [0.15, 0.2) is 0 Å². The summed E-state index contributed by atoms with van der Waals surface area (Å²) < 4.78 is 2.26. The number of aliphatic hydroxyl groups is 1. The van der Waals surface area contributed by atoms with Crippen molar-refractivity contribution in [2.45, 2.75) is 32.4 Å². The van der Waals surface area contributed by atoms with Gasteiger partial charge in [-0.15, -0.1) is 0 Å². The highest BCUT2D eigenvalue weighted by molar-refractivity contribution is 5.03. The van der Waals surface area contributed by atoms with Gasteiger partial charge >= 0.3 is 0 Å². The van der Waals surface area contributed by atoms with E-state index in [0.717, 1.165) is 13.1 Å². The van der Waals surface area contributed by atoms with E-state index in [9.17, 15) is 0 Å². The second-order valence-electron chi connectivity index (χ2n) is 4.44. The molecule has 0 bridgehead atoms. The van der Waals surface area contributed by atoms with Gasteiger partial charge in [0.25, 0.3) is 0 Å². The van der Waals surface area contributed by atoms with Crippen LogP contribution in [0, 0.1) is 5.92 Å². The summed E-state index contributed by atoms with van der Waals surface area (Å²) in [7, 11) is 0. The van der Waals surface area contributed by atoms with Crippen molar-refractivity contribution in [1.82, 2.24) is 14.9 Å². The fraction of sp³-hybridized carbons (Fsp3) is 0.727. The molecule has 1 aromatic rings. The molecule has 1 atom stereocenters. The van der Waals surface area contributed by atoms with Gasteiger partial charge in [0, 0.05) is 31.9 Å². The molecule has 84 valence electrons. The third-order valence-electron chi connectivity index (χ3n) is 2.80. The molecule has 1 aliphatic rings. The fourth-order valence-corrected chi connectivity index (χ4v) is 1.66. The van der Waals surface area contributed by atoms with E-state index in [0.29, 0.717) is 12.0 Å². The zero-order valence-corrected chi connectivity index (χ0v) is 9.19. The third-order valence-corrected chi connectivity index (χ3v) is 2.80. The Labute approximate surface area is 90.3 Å². The van der Waals surface area contributed by atoms with Crippen molar-refractivity contribution >= 4 is 0 Å². The maximum absolute atomic E-state index is 8.89. The highest BCUT2D eigenvalue weighted by Crippen LogP contribution is 2.35. The molecular weight excluding hydrogens is 190 g/mol. The van der Waals surface area contributed by atoms with Crippen molar-refractivity contribution in [1.29, 1.82) is 0 Å². The van der Waals surface area contributed by atoms with E-state index in [1.807, 2.05) is 19.4 Å². The summed E-state index contributed by atoms with van der Waals surface area (Å²) in [6.45, 7) is 3.98. The molecule has 1 unspecified atom stereocenters. The number of nitrogens with one attached hydrogen (secondary N) is 1. The van der Waals surface area contributed by atoms with Crippen LogP contribution in [0.1, 0.15) is 31.5 Å². The maximum atomic E-state index is 8.89. The van der Waals surface area contributed by atoms with Crippen LogP contribution in [-0.4, -0.2) is 27.8 Å². The number of hydrogen-bond donors (Lipinski definition) is 2. The molecule has 2 N–H and O–H groups in total. The molecule has 0 radical (unpaired) electrons. The predicted molar refractivity (Wildman–Crippen MR) is 58.5 cm³/mol. The van der Waals surface area contributed by atoms with Crippen molar-refractivity contribution < 1.29 is 5.11 Å². The van der Waals surface area contributed by atoms with Gasteiger partial charge in [0.2, 0.25) is 0 Å². The Balaban J connectivity index is 1.80. The Morgan fingerprint density at radius 3 is 3.13 bits per heavy atom. The van der Waals surface area contributed by atoms with Gasteiger partial charge in [0.1, 0.15) is 0 Å². The van der Waals surface area contributed by atoms with Crippen molar-refractivity contribution in [3.8, 4) is 0 Å². The Morgan fingerprint density at radius 1 is 1.67 bits per heavy atom. The second kappa shape index (κ2) is 4.77. The Hall–Kier alpha value is -0.870. The molecule has 0 aliphatic heterocycles. The van der Waals surface area contributed by atoms with E-state index in [4.69, 9.17) is 5.11 Å². The third kappa shape index (κ3) is 2.79. The molecular formula is C11H19N3O. The number of aliphatic hydroxyl groups excluding tert-OH is 1. The molecule has 0 spiro atoms. The van der Waals surface area contributed by atoms with Crippen LogP contribution < -0.4 is 5.32 Å². The van der Waals surface area contributed by atoms with E-state index >= 15 is 0 Å². The summed E-state index contributed by atoms with van der Waals surface area (Å²) in [4.78, 5) is 4.17. The fourth-order valence-electron chi connectivity index (χ4n) is 1.66. The van der Waals surface area contributed by atoms with Gasteiger partial charge in [0.05, 0.1) is 12.0 Å². The summed E-state index contributed by atoms with van der Waals surface area (Å²) in [6.07, 6.45) is 6.42. The van der Waals surface area contributed by atoms with E-state index in [-0.39, 0.29) is 6.61 Å². The normalized spacial score (nSPS) is 18.0. The minimum absolute atomic E-state index is 0.245. The molecule has 4 nitrogen and oxygen atoms in total. The van der Waals surface area contributed by atoms with Crippen LogP contribution in [0.2, 0.25) is 0 Å². The lowest BCUT2D eigenvalue weighted by Crippen LogP contribution is -2.23. The van der Waals surface area contributed by atoms with Crippen LogP contribution in [0.5, 0.6) is 0 Å². The predicted octanol–water partition coefficient (Wildman–Crippen LogP) is 0.936. The zero-order chi connectivity index (χ0) is 10.7. The lowest BCUT2D eigenvalue weighted by atomic mass is 10.2. The molecule has 0 aromatic carbocycles. The monoisotopic (exact) mass is 209 g/mol. The van der Waals surface area contributed by atoms with Gasteiger partial charge in [-0.25, -0.2) is 4.98 Å². The molecule has 0 saturated heterocycles. The van der Waals surface area contributed by atoms with Crippen molar-refractivity contribution in [2.24, 2.45) is 5.92 Å². The van der Waals surface area contributed by atoms with E-state index in [1.165, 1.54) is 18.5 Å². The first-order chi connectivity index (χ1) is 7.31. The van der Waals surface area contributed by atoms with Gasteiger partial charge in [-0.1, -0.05) is 6.92 Å². The van der Waals surface area contributed by atoms with E-state index in [2.05, 4.69) is 14.9 Å². The van der Waals surface area contributed by atoms with Gasteiger partial charge in [-0.05, 0) is 18.8 Å². The quantitative estimate of drug-likeness (QED) is 0.733. The Morgan fingerprint density at radius 2 is 2.47 bits per heavy atom. The number of imidazole rings is 1. The standard InChI is InChI=1S/C11H19N3O/c1-9(7-15)4-12-5-11-6-13-8-14(11)10-2-3-10/h6,8-10,12,15H,2-5,7H2,1H3.